The standard InChI is InChI=1S/C12H20N4S/c1-8-14-12(17-15-8)13-6-10-5-9-3-4-11(10)16(2)7-9/h9-11H,3-7H2,1-2H3,(H,13,14,15). The van der Waals surface area contributed by atoms with Crippen molar-refractivity contribution in [2.24, 2.45) is 11.8 Å². The van der Waals surface area contributed by atoms with Crippen molar-refractivity contribution < 1.29 is 0 Å². The van der Waals surface area contributed by atoms with E-state index in [0.29, 0.717) is 0 Å². The Labute approximate surface area is 107 Å². The number of aryl methyl sites for hydroxylation is 1. The molecule has 1 N–H and O–H groups in total. The van der Waals surface area contributed by atoms with Crippen LogP contribution >= 0.6 is 11.5 Å². The number of fused-ring (bicyclic) bond motifs is 3. The molecule has 3 atom stereocenters. The molecule has 94 valence electrons. The summed E-state index contributed by atoms with van der Waals surface area (Å²) in [6.45, 7) is 4.30. The number of anilines is 1. The first kappa shape index (κ1) is 11.4. The molecule has 3 fully saturated rings. The molecular weight excluding hydrogens is 232 g/mol. The summed E-state index contributed by atoms with van der Waals surface area (Å²) >= 11 is 1.47. The number of hydrogen-bond donors (Lipinski definition) is 1. The molecule has 2 saturated heterocycles. The van der Waals surface area contributed by atoms with Gasteiger partial charge in [-0.05, 0) is 45.1 Å². The highest BCUT2D eigenvalue weighted by Gasteiger charge is 2.38. The van der Waals surface area contributed by atoms with Crippen molar-refractivity contribution in [3.05, 3.63) is 5.82 Å². The second-order valence-corrected chi connectivity index (χ2v) is 6.23. The minimum absolute atomic E-state index is 0.779. The molecule has 0 amide bonds. The highest BCUT2D eigenvalue weighted by molar-refractivity contribution is 7.09. The zero-order valence-electron chi connectivity index (χ0n) is 10.5. The van der Waals surface area contributed by atoms with Gasteiger partial charge in [0.25, 0.3) is 0 Å². The van der Waals surface area contributed by atoms with Gasteiger partial charge >= 0.3 is 0 Å². The third-order valence-corrected chi connectivity index (χ3v) is 4.97. The number of rotatable bonds is 3. The zero-order chi connectivity index (χ0) is 11.8. The highest BCUT2D eigenvalue weighted by Crippen LogP contribution is 2.38. The first-order chi connectivity index (χ1) is 8.22. The molecule has 0 aromatic carbocycles. The van der Waals surface area contributed by atoms with Gasteiger partial charge in [-0.25, -0.2) is 4.98 Å². The van der Waals surface area contributed by atoms with Crippen LogP contribution in [0.1, 0.15) is 25.1 Å². The predicted octanol–water partition coefficient (Wildman–Crippen LogP) is 1.99. The summed E-state index contributed by atoms with van der Waals surface area (Å²) < 4.78 is 4.20. The van der Waals surface area contributed by atoms with E-state index in [4.69, 9.17) is 0 Å². The summed E-state index contributed by atoms with van der Waals surface area (Å²) in [6, 6.07) is 0.779. The molecule has 1 aliphatic carbocycles. The van der Waals surface area contributed by atoms with Crippen molar-refractivity contribution in [3.8, 4) is 0 Å². The van der Waals surface area contributed by atoms with Crippen LogP contribution in [0.2, 0.25) is 0 Å². The van der Waals surface area contributed by atoms with Gasteiger partial charge in [-0.1, -0.05) is 0 Å². The normalized spacial score (nSPS) is 32.9. The molecule has 1 saturated carbocycles. The van der Waals surface area contributed by atoms with Crippen molar-refractivity contribution in [1.82, 2.24) is 14.3 Å². The van der Waals surface area contributed by atoms with Crippen LogP contribution in [0.25, 0.3) is 0 Å². The first-order valence-electron chi connectivity index (χ1n) is 6.47. The lowest BCUT2D eigenvalue weighted by molar-refractivity contribution is 0.0256. The summed E-state index contributed by atoms with van der Waals surface area (Å²) in [7, 11) is 2.28. The molecule has 3 aliphatic rings. The maximum Gasteiger partial charge on any atom is 0.202 e. The topological polar surface area (TPSA) is 41.1 Å². The number of aromatic nitrogens is 2. The Morgan fingerprint density at radius 1 is 1.47 bits per heavy atom. The molecule has 0 spiro atoms. The fraction of sp³-hybridized carbons (Fsp3) is 0.833. The van der Waals surface area contributed by atoms with Crippen molar-refractivity contribution in [2.75, 3.05) is 25.5 Å². The Balaban J connectivity index is 1.59. The lowest BCUT2D eigenvalue weighted by Gasteiger charge is -2.48. The SMILES string of the molecule is Cc1nsc(NCC2CC3CCC2N(C)C3)n1. The summed E-state index contributed by atoms with van der Waals surface area (Å²) in [4.78, 5) is 6.91. The van der Waals surface area contributed by atoms with E-state index in [1.165, 1.54) is 37.3 Å². The van der Waals surface area contributed by atoms with Gasteiger partial charge in [0.2, 0.25) is 5.13 Å². The molecule has 0 radical (unpaired) electrons. The minimum Gasteiger partial charge on any atom is -0.360 e. The smallest absolute Gasteiger partial charge is 0.202 e. The molecular formula is C12H20N4S. The van der Waals surface area contributed by atoms with Crippen LogP contribution in [0, 0.1) is 18.8 Å². The molecule has 2 bridgehead atoms. The van der Waals surface area contributed by atoms with E-state index in [1.54, 1.807) is 0 Å². The van der Waals surface area contributed by atoms with E-state index in [9.17, 15) is 0 Å². The quantitative estimate of drug-likeness (QED) is 0.893. The van der Waals surface area contributed by atoms with Crippen LogP contribution in [0.4, 0.5) is 5.13 Å². The Morgan fingerprint density at radius 2 is 2.35 bits per heavy atom. The molecule has 2 aliphatic heterocycles. The monoisotopic (exact) mass is 252 g/mol. The third-order valence-electron chi connectivity index (χ3n) is 4.21. The largest absolute Gasteiger partial charge is 0.360 e. The van der Waals surface area contributed by atoms with E-state index in [-0.39, 0.29) is 0 Å². The molecule has 1 aromatic rings. The van der Waals surface area contributed by atoms with Crippen LogP contribution in [0.3, 0.4) is 0 Å². The van der Waals surface area contributed by atoms with Gasteiger partial charge in [0, 0.05) is 30.7 Å². The van der Waals surface area contributed by atoms with Crippen LogP contribution in [0.15, 0.2) is 0 Å². The van der Waals surface area contributed by atoms with E-state index in [1.807, 2.05) is 6.92 Å². The Bertz CT molecular complexity index is 392. The second kappa shape index (κ2) is 4.53. The Kier molecular flexibility index (Phi) is 3.04. The number of hydrogen-bond acceptors (Lipinski definition) is 5. The molecule has 3 heterocycles. The molecule has 4 nitrogen and oxygen atoms in total. The lowest BCUT2D eigenvalue weighted by atomic mass is 9.73. The van der Waals surface area contributed by atoms with Gasteiger partial charge in [-0.2, -0.15) is 4.37 Å². The van der Waals surface area contributed by atoms with Crippen LogP contribution in [-0.4, -0.2) is 40.4 Å². The van der Waals surface area contributed by atoms with Gasteiger partial charge < -0.3 is 10.2 Å². The fourth-order valence-corrected chi connectivity index (χ4v) is 4.02. The zero-order valence-corrected chi connectivity index (χ0v) is 11.3. The maximum atomic E-state index is 4.36. The van der Waals surface area contributed by atoms with Gasteiger partial charge in [-0.15, -0.1) is 0 Å². The summed E-state index contributed by atoms with van der Waals surface area (Å²) in [5.41, 5.74) is 0. The maximum absolute atomic E-state index is 4.36. The van der Waals surface area contributed by atoms with Crippen molar-refractivity contribution >= 4 is 16.7 Å². The molecule has 17 heavy (non-hydrogen) atoms. The highest BCUT2D eigenvalue weighted by atomic mass is 32.1. The van der Waals surface area contributed by atoms with Gasteiger partial charge in [-0.3, -0.25) is 0 Å². The fourth-order valence-electron chi connectivity index (χ4n) is 3.44. The first-order valence-corrected chi connectivity index (χ1v) is 7.24. The van der Waals surface area contributed by atoms with Gasteiger partial charge in [0.05, 0.1) is 0 Å². The van der Waals surface area contributed by atoms with Crippen LogP contribution < -0.4 is 5.32 Å². The third kappa shape index (κ3) is 2.31. The van der Waals surface area contributed by atoms with E-state index < -0.39 is 0 Å². The second-order valence-electron chi connectivity index (χ2n) is 5.47. The van der Waals surface area contributed by atoms with Gasteiger partial charge in [0.15, 0.2) is 0 Å². The van der Waals surface area contributed by atoms with Crippen molar-refractivity contribution in [3.63, 3.8) is 0 Å². The predicted molar refractivity (Wildman–Crippen MR) is 70.4 cm³/mol. The van der Waals surface area contributed by atoms with E-state index in [2.05, 4.69) is 26.6 Å². The van der Waals surface area contributed by atoms with Crippen LogP contribution in [-0.2, 0) is 0 Å². The average molecular weight is 252 g/mol. The number of piperidine rings is 2. The Hall–Kier alpha value is -0.680. The summed E-state index contributed by atoms with van der Waals surface area (Å²) in [5, 5.41) is 4.44. The number of nitrogens with zero attached hydrogens (tertiary/aromatic N) is 3. The molecule has 1 aromatic heterocycles. The minimum atomic E-state index is 0.779. The molecule has 3 unspecified atom stereocenters. The van der Waals surface area contributed by atoms with Crippen LogP contribution in [0.5, 0.6) is 0 Å². The van der Waals surface area contributed by atoms with Crippen molar-refractivity contribution in [1.29, 1.82) is 0 Å². The van der Waals surface area contributed by atoms with Gasteiger partial charge in [0.1, 0.15) is 5.82 Å². The average Bonchev–Trinajstić information content (AvgIpc) is 2.73. The summed E-state index contributed by atoms with van der Waals surface area (Å²) in [5.74, 6) is 2.59. The summed E-state index contributed by atoms with van der Waals surface area (Å²) in [6.07, 6.45) is 4.20. The Morgan fingerprint density at radius 3 is 3.00 bits per heavy atom. The van der Waals surface area contributed by atoms with E-state index >= 15 is 0 Å². The van der Waals surface area contributed by atoms with E-state index in [0.717, 1.165) is 35.4 Å². The lowest BCUT2D eigenvalue weighted by Crippen LogP contribution is -2.52. The van der Waals surface area contributed by atoms with Crippen molar-refractivity contribution in [2.45, 2.75) is 32.2 Å². The molecule has 5 heteroatoms. The molecule has 4 rings (SSSR count). The number of nitrogens with one attached hydrogen (secondary N) is 1.